The van der Waals surface area contributed by atoms with Crippen molar-refractivity contribution in [1.29, 1.82) is 0 Å². The maximum atomic E-state index is 11.3. The molecular weight excluding hydrogens is 194 g/mol. The lowest BCUT2D eigenvalue weighted by molar-refractivity contribution is -0.147. The summed E-state index contributed by atoms with van der Waals surface area (Å²) in [5, 5.41) is 0. The average molecular weight is 215 g/mol. The molecule has 0 aliphatic heterocycles. The molecule has 1 rings (SSSR count). The van der Waals surface area contributed by atoms with E-state index in [1.165, 1.54) is 20.0 Å². The number of methoxy groups -OCH3 is 1. The minimum Gasteiger partial charge on any atom is -0.468 e. The molecule has 0 radical (unpaired) electrons. The Labute approximate surface area is 91.1 Å². The summed E-state index contributed by atoms with van der Waals surface area (Å²) in [5.74, 6) is 0.346. The largest absolute Gasteiger partial charge is 0.468 e. The Balaban J connectivity index is 2.27. The first kappa shape index (κ1) is 12.5. The number of carbonyl (C=O) groups excluding carboxylic acids is 1. The lowest BCUT2D eigenvalue weighted by Crippen LogP contribution is -2.48. The van der Waals surface area contributed by atoms with Gasteiger partial charge in [0, 0.05) is 13.0 Å². The first-order valence-corrected chi connectivity index (χ1v) is 5.44. The van der Waals surface area contributed by atoms with E-state index in [2.05, 4.69) is 4.74 Å². The van der Waals surface area contributed by atoms with Gasteiger partial charge in [0.15, 0.2) is 0 Å². The van der Waals surface area contributed by atoms with E-state index in [0.29, 0.717) is 6.42 Å². The van der Waals surface area contributed by atoms with Crippen molar-refractivity contribution in [2.75, 3.05) is 13.7 Å². The summed E-state index contributed by atoms with van der Waals surface area (Å²) >= 11 is 0. The molecule has 1 saturated carbocycles. The lowest BCUT2D eigenvalue weighted by Gasteiger charge is -2.25. The van der Waals surface area contributed by atoms with Gasteiger partial charge in [0.2, 0.25) is 0 Å². The van der Waals surface area contributed by atoms with Gasteiger partial charge in [-0.15, -0.1) is 0 Å². The molecule has 0 saturated heterocycles. The normalized spacial score (nSPS) is 21.9. The van der Waals surface area contributed by atoms with E-state index in [0.717, 1.165) is 12.5 Å². The van der Waals surface area contributed by atoms with Crippen molar-refractivity contribution in [3.63, 3.8) is 0 Å². The molecule has 0 heterocycles. The van der Waals surface area contributed by atoms with Gasteiger partial charge in [-0.25, -0.2) is 0 Å². The smallest absolute Gasteiger partial charge is 0.325 e. The molecular formula is C11H21NO3. The quantitative estimate of drug-likeness (QED) is 0.673. The summed E-state index contributed by atoms with van der Waals surface area (Å²) in [6.45, 7) is 4.41. The van der Waals surface area contributed by atoms with E-state index >= 15 is 0 Å². The molecule has 0 aromatic heterocycles. The predicted molar refractivity (Wildman–Crippen MR) is 57.4 cm³/mol. The number of ether oxygens (including phenoxy) is 2. The Morgan fingerprint density at radius 2 is 2.20 bits per heavy atom. The maximum Gasteiger partial charge on any atom is 0.325 e. The Hall–Kier alpha value is -0.610. The number of esters is 1. The molecule has 0 aromatic rings. The van der Waals surface area contributed by atoms with Crippen LogP contribution in [0.4, 0.5) is 0 Å². The third-order valence-corrected chi connectivity index (χ3v) is 2.68. The molecule has 0 aromatic carbocycles. The van der Waals surface area contributed by atoms with E-state index in [1.54, 1.807) is 6.92 Å². The Morgan fingerprint density at radius 1 is 1.60 bits per heavy atom. The molecule has 1 fully saturated rings. The summed E-state index contributed by atoms with van der Waals surface area (Å²) in [7, 11) is 1.35. The van der Waals surface area contributed by atoms with Crippen LogP contribution in [0, 0.1) is 5.92 Å². The van der Waals surface area contributed by atoms with Gasteiger partial charge < -0.3 is 15.2 Å². The second-order valence-corrected chi connectivity index (χ2v) is 4.70. The highest BCUT2D eigenvalue weighted by atomic mass is 16.5. The van der Waals surface area contributed by atoms with Crippen LogP contribution in [-0.4, -0.2) is 31.3 Å². The van der Waals surface area contributed by atoms with Gasteiger partial charge in [-0.1, -0.05) is 0 Å². The molecule has 4 heteroatoms. The van der Waals surface area contributed by atoms with Crippen molar-refractivity contribution < 1.29 is 14.3 Å². The highest BCUT2D eigenvalue weighted by Crippen LogP contribution is 2.29. The van der Waals surface area contributed by atoms with Crippen LogP contribution in [0.5, 0.6) is 0 Å². The Bertz CT molecular complexity index is 224. The predicted octanol–water partition coefficient (Wildman–Crippen LogP) is 1.08. The standard InChI is InChI=1S/C11H21NO3/c1-8(15-7-9-4-5-9)6-11(2,12)10(13)14-3/h8-9H,4-7,12H2,1-3H3. The fraction of sp³-hybridized carbons (Fsp3) is 0.909. The molecule has 2 N–H and O–H groups in total. The van der Waals surface area contributed by atoms with Gasteiger partial charge in [-0.05, 0) is 32.6 Å². The third kappa shape index (κ3) is 4.18. The fourth-order valence-corrected chi connectivity index (χ4v) is 1.56. The molecule has 2 atom stereocenters. The van der Waals surface area contributed by atoms with Crippen molar-refractivity contribution in [2.24, 2.45) is 11.7 Å². The second kappa shape index (κ2) is 4.94. The molecule has 0 amide bonds. The number of nitrogens with two attached hydrogens (primary N) is 1. The number of rotatable bonds is 6. The van der Waals surface area contributed by atoms with Gasteiger partial charge >= 0.3 is 5.97 Å². The number of carbonyl (C=O) groups is 1. The van der Waals surface area contributed by atoms with Crippen LogP contribution in [0.25, 0.3) is 0 Å². The fourth-order valence-electron chi connectivity index (χ4n) is 1.56. The zero-order chi connectivity index (χ0) is 11.5. The van der Waals surface area contributed by atoms with Crippen LogP contribution in [0.15, 0.2) is 0 Å². The summed E-state index contributed by atoms with van der Waals surface area (Å²) in [4.78, 5) is 11.3. The van der Waals surface area contributed by atoms with E-state index in [4.69, 9.17) is 10.5 Å². The van der Waals surface area contributed by atoms with Crippen LogP contribution in [-0.2, 0) is 14.3 Å². The van der Waals surface area contributed by atoms with Gasteiger partial charge in [-0.3, -0.25) is 4.79 Å². The van der Waals surface area contributed by atoms with Crippen molar-refractivity contribution in [2.45, 2.75) is 44.8 Å². The van der Waals surface area contributed by atoms with E-state index in [1.807, 2.05) is 6.92 Å². The van der Waals surface area contributed by atoms with Crippen LogP contribution in [0.2, 0.25) is 0 Å². The molecule has 0 bridgehead atoms. The molecule has 1 aliphatic rings. The van der Waals surface area contributed by atoms with Crippen molar-refractivity contribution >= 4 is 5.97 Å². The van der Waals surface area contributed by atoms with Crippen LogP contribution in [0.3, 0.4) is 0 Å². The Morgan fingerprint density at radius 3 is 2.67 bits per heavy atom. The molecule has 88 valence electrons. The highest BCUT2D eigenvalue weighted by molar-refractivity contribution is 5.79. The summed E-state index contributed by atoms with van der Waals surface area (Å²) in [6.07, 6.45) is 3.03. The molecule has 0 spiro atoms. The summed E-state index contributed by atoms with van der Waals surface area (Å²) < 4.78 is 10.2. The molecule has 15 heavy (non-hydrogen) atoms. The van der Waals surface area contributed by atoms with E-state index < -0.39 is 5.54 Å². The summed E-state index contributed by atoms with van der Waals surface area (Å²) in [6, 6.07) is 0. The average Bonchev–Trinajstić information content (AvgIpc) is 2.96. The van der Waals surface area contributed by atoms with Crippen molar-refractivity contribution in [1.82, 2.24) is 0 Å². The van der Waals surface area contributed by atoms with Gasteiger partial charge in [0.25, 0.3) is 0 Å². The maximum absolute atomic E-state index is 11.3. The molecule has 2 unspecified atom stereocenters. The second-order valence-electron chi connectivity index (χ2n) is 4.70. The summed E-state index contributed by atoms with van der Waals surface area (Å²) in [5.41, 5.74) is 4.89. The van der Waals surface area contributed by atoms with Crippen molar-refractivity contribution in [3.05, 3.63) is 0 Å². The zero-order valence-corrected chi connectivity index (χ0v) is 9.79. The minimum absolute atomic E-state index is 0.000278. The first-order valence-electron chi connectivity index (χ1n) is 5.44. The Kier molecular flexibility index (Phi) is 4.11. The van der Waals surface area contributed by atoms with E-state index in [-0.39, 0.29) is 12.1 Å². The minimum atomic E-state index is -0.947. The highest BCUT2D eigenvalue weighted by Gasteiger charge is 2.32. The van der Waals surface area contributed by atoms with Crippen LogP contribution in [0.1, 0.15) is 33.1 Å². The number of hydrogen-bond donors (Lipinski definition) is 1. The van der Waals surface area contributed by atoms with Crippen LogP contribution >= 0.6 is 0 Å². The molecule has 1 aliphatic carbocycles. The van der Waals surface area contributed by atoms with Crippen molar-refractivity contribution in [3.8, 4) is 0 Å². The van der Waals surface area contributed by atoms with Gasteiger partial charge in [0.1, 0.15) is 5.54 Å². The van der Waals surface area contributed by atoms with Gasteiger partial charge in [0.05, 0.1) is 13.2 Å². The molecule has 4 nitrogen and oxygen atoms in total. The number of hydrogen-bond acceptors (Lipinski definition) is 4. The lowest BCUT2D eigenvalue weighted by atomic mass is 9.96. The zero-order valence-electron chi connectivity index (χ0n) is 9.79. The van der Waals surface area contributed by atoms with Gasteiger partial charge in [-0.2, -0.15) is 0 Å². The third-order valence-electron chi connectivity index (χ3n) is 2.68. The van der Waals surface area contributed by atoms with E-state index in [9.17, 15) is 4.79 Å². The van der Waals surface area contributed by atoms with Crippen LogP contribution < -0.4 is 5.73 Å². The topological polar surface area (TPSA) is 61.5 Å². The first-order chi connectivity index (χ1) is 6.95. The SMILES string of the molecule is COC(=O)C(C)(N)CC(C)OCC1CC1. The monoisotopic (exact) mass is 215 g/mol.